The fourth-order valence-electron chi connectivity index (χ4n) is 5.04. The Kier molecular flexibility index (Phi) is 6.17. The largest absolute Gasteiger partial charge is 0.459 e. The van der Waals surface area contributed by atoms with Crippen molar-refractivity contribution in [2.45, 2.75) is 50.5 Å². The quantitative estimate of drug-likeness (QED) is 0.629. The molecule has 1 N–H and O–H groups in total. The van der Waals surface area contributed by atoms with Crippen LogP contribution in [-0.2, 0) is 19.1 Å². The zero-order chi connectivity index (χ0) is 22.9. The van der Waals surface area contributed by atoms with E-state index < -0.39 is 11.9 Å². The molecule has 3 atom stereocenters. The van der Waals surface area contributed by atoms with Crippen LogP contribution in [-0.4, -0.2) is 31.1 Å². The van der Waals surface area contributed by atoms with Crippen LogP contribution in [0.3, 0.4) is 0 Å². The second-order valence-electron chi connectivity index (χ2n) is 8.82. The number of nitrogens with one attached hydrogen (secondary N) is 1. The summed E-state index contributed by atoms with van der Waals surface area (Å²) in [7, 11) is 0. The molecule has 1 fully saturated rings. The van der Waals surface area contributed by atoms with Crippen molar-refractivity contribution in [3.8, 4) is 0 Å². The van der Waals surface area contributed by atoms with Crippen LogP contribution in [0.25, 0.3) is 0 Å². The number of hydrogen-bond acceptors (Lipinski definition) is 6. The number of hydrogen-bond donors (Lipinski definition) is 1. The number of ketones is 1. The predicted octanol–water partition coefficient (Wildman–Crippen LogP) is 4.97. The van der Waals surface area contributed by atoms with Crippen LogP contribution in [0.1, 0.15) is 54.9 Å². The van der Waals surface area contributed by atoms with Gasteiger partial charge in [-0.3, -0.25) is 4.79 Å². The molecule has 0 amide bonds. The third-order valence-corrected chi connectivity index (χ3v) is 7.58. The molecule has 5 nitrogen and oxygen atoms in total. The molecule has 172 valence electrons. The van der Waals surface area contributed by atoms with Gasteiger partial charge in [0.25, 0.3) is 0 Å². The average Bonchev–Trinajstić information content (AvgIpc) is 3.51. The molecule has 0 spiro atoms. The second kappa shape index (κ2) is 9.23. The van der Waals surface area contributed by atoms with Gasteiger partial charge in [-0.2, -0.15) is 0 Å². The molecule has 2 aromatic rings. The highest BCUT2D eigenvalue weighted by Gasteiger charge is 2.42. The summed E-state index contributed by atoms with van der Waals surface area (Å²) >= 11 is 1.53. The van der Waals surface area contributed by atoms with E-state index in [1.54, 1.807) is 12.1 Å². The molecule has 0 bridgehead atoms. The van der Waals surface area contributed by atoms with Crippen LogP contribution in [0.2, 0.25) is 0 Å². The summed E-state index contributed by atoms with van der Waals surface area (Å²) in [6.45, 7) is 2.78. The summed E-state index contributed by atoms with van der Waals surface area (Å²) < 4.78 is 24.6. The molecule has 3 heterocycles. The van der Waals surface area contributed by atoms with Gasteiger partial charge in [0.05, 0.1) is 17.6 Å². The fourth-order valence-corrected chi connectivity index (χ4v) is 5.89. The molecule has 7 heteroatoms. The molecule has 0 radical (unpaired) electrons. The first kappa shape index (κ1) is 22.0. The van der Waals surface area contributed by atoms with Crippen molar-refractivity contribution in [3.05, 3.63) is 80.6 Å². The predicted molar refractivity (Wildman–Crippen MR) is 123 cm³/mol. The van der Waals surface area contributed by atoms with Crippen LogP contribution in [0, 0.1) is 5.82 Å². The maximum atomic E-state index is 13.5. The van der Waals surface area contributed by atoms with Gasteiger partial charge in [-0.05, 0) is 61.2 Å². The third kappa shape index (κ3) is 4.39. The van der Waals surface area contributed by atoms with Crippen LogP contribution in [0.15, 0.2) is 64.3 Å². The van der Waals surface area contributed by atoms with E-state index in [4.69, 9.17) is 9.47 Å². The maximum absolute atomic E-state index is 13.5. The summed E-state index contributed by atoms with van der Waals surface area (Å²) in [6, 6.07) is 10.2. The van der Waals surface area contributed by atoms with E-state index in [-0.39, 0.29) is 30.2 Å². The molecule has 0 saturated carbocycles. The lowest BCUT2D eigenvalue weighted by Crippen LogP contribution is -2.36. The average molecular weight is 468 g/mol. The number of rotatable bonds is 5. The lowest BCUT2D eigenvalue weighted by atomic mass is 9.73. The zero-order valence-corrected chi connectivity index (χ0v) is 19.3. The Hall–Kier alpha value is -2.77. The molecule has 1 aromatic carbocycles. The topological polar surface area (TPSA) is 64.6 Å². The molecule has 1 aliphatic carbocycles. The molecule has 0 unspecified atom stereocenters. The molecule has 1 aromatic heterocycles. The Labute approximate surface area is 196 Å². The molecule has 33 heavy (non-hydrogen) atoms. The Morgan fingerprint density at radius 1 is 1.24 bits per heavy atom. The van der Waals surface area contributed by atoms with E-state index in [1.807, 2.05) is 24.4 Å². The summed E-state index contributed by atoms with van der Waals surface area (Å²) in [4.78, 5) is 27.6. The van der Waals surface area contributed by atoms with E-state index >= 15 is 0 Å². The van der Waals surface area contributed by atoms with Crippen LogP contribution in [0.4, 0.5) is 4.39 Å². The number of carbonyl (C=O) groups excluding carboxylic acids is 2. The minimum absolute atomic E-state index is 0.00778. The zero-order valence-electron chi connectivity index (χ0n) is 18.4. The van der Waals surface area contributed by atoms with Crippen LogP contribution < -0.4 is 5.32 Å². The number of carbonyl (C=O) groups is 2. The Balaban J connectivity index is 1.45. The lowest BCUT2D eigenvalue weighted by Gasteiger charge is -2.36. The number of ether oxygens (including phenoxy) is 2. The molecule has 3 aliphatic rings. The fraction of sp³-hybridized carbons (Fsp3) is 0.385. The number of esters is 1. The van der Waals surface area contributed by atoms with Crippen molar-refractivity contribution in [2.24, 2.45) is 0 Å². The van der Waals surface area contributed by atoms with Gasteiger partial charge in [0.2, 0.25) is 0 Å². The summed E-state index contributed by atoms with van der Waals surface area (Å²) in [5.74, 6) is -1.17. The van der Waals surface area contributed by atoms with Crippen molar-refractivity contribution < 1.29 is 23.5 Å². The highest BCUT2D eigenvalue weighted by atomic mass is 32.1. The van der Waals surface area contributed by atoms with Crippen molar-refractivity contribution in [1.29, 1.82) is 0 Å². The first-order valence-electron chi connectivity index (χ1n) is 11.3. The Morgan fingerprint density at radius 3 is 2.76 bits per heavy atom. The number of thiophene rings is 1. The summed E-state index contributed by atoms with van der Waals surface area (Å²) in [6.07, 6.45) is 2.75. The highest BCUT2D eigenvalue weighted by molar-refractivity contribution is 7.10. The van der Waals surface area contributed by atoms with Gasteiger partial charge < -0.3 is 14.8 Å². The summed E-state index contributed by atoms with van der Waals surface area (Å²) in [5, 5.41) is 5.30. The number of allylic oxidation sites excluding steroid dienone is 3. The first-order valence-corrected chi connectivity index (χ1v) is 12.2. The minimum atomic E-state index is -0.445. The smallest absolute Gasteiger partial charge is 0.336 e. The highest BCUT2D eigenvalue weighted by Crippen LogP contribution is 2.46. The normalized spacial score (nSPS) is 25.2. The minimum Gasteiger partial charge on any atom is -0.459 e. The van der Waals surface area contributed by atoms with Crippen molar-refractivity contribution in [2.75, 3.05) is 13.2 Å². The maximum Gasteiger partial charge on any atom is 0.336 e. The SMILES string of the molecule is CC1=C(C(=O)OC[C@@H]2CCCO2)[C@@H](c2cccs2)C2=C(C[C@H](c3ccc(F)cc3)CC2=O)N1. The van der Waals surface area contributed by atoms with Gasteiger partial charge >= 0.3 is 5.97 Å². The van der Waals surface area contributed by atoms with E-state index in [2.05, 4.69) is 5.32 Å². The van der Waals surface area contributed by atoms with Gasteiger partial charge in [-0.15, -0.1) is 11.3 Å². The Morgan fingerprint density at radius 2 is 2.06 bits per heavy atom. The van der Waals surface area contributed by atoms with E-state index in [1.165, 1.54) is 23.5 Å². The van der Waals surface area contributed by atoms with Gasteiger partial charge in [-0.1, -0.05) is 18.2 Å². The van der Waals surface area contributed by atoms with Gasteiger partial charge in [0.1, 0.15) is 12.4 Å². The van der Waals surface area contributed by atoms with Crippen molar-refractivity contribution in [1.82, 2.24) is 5.32 Å². The molecular formula is C26H26FNO4S. The number of dihydropyridines is 1. The molecule has 2 aliphatic heterocycles. The Bertz CT molecular complexity index is 1110. The van der Waals surface area contributed by atoms with E-state index in [0.717, 1.165) is 29.0 Å². The summed E-state index contributed by atoms with van der Waals surface area (Å²) in [5.41, 5.74) is 3.62. The molecule has 5 rings (SSSR count). The van der Waals surface area contributed by atoms with Crippen LogP contribution in [0.5, 0.6) is 0 Å². The van der Waals surface area contributed by atoms with Gasteiger partial charge in [0.15, 0.2) is 5.78 Å². The monoisotopic (exact) mass is 467 g/mol. The van der Waals surface area contributed by atoms with Gasteiger partial charge in [0, 0.05) is 34.9 Å². The first-order chi connectivity index (χ1) is 16.0. The van der Waals surface area contributed by atoms with Gasteiger partial charge in [-0.25, -0.2) is 9.18 Å². The standard InChI is InChI=1S/C26H26FNO4S/c1-15-23(26(30)32-14-19-4-2-10-31-19)25(22-5-3-11-33-22)24-20(28-15)12-17(13-21(24)29)16-6-8-18(27)9-7-16/h3,5-9,11,17,19,25,28H,2,4,10,12-14H2,1H3/t17-,19-,25+/m0/s1. The number of benzene rings is 1. The lowest BCUT2D eigenvalue weighted by molar-refractivity contribution is -0.142. The van der Waals surface area contributed by atoms with Crippen molar-refractivity contribution in [3.63, 3.8) is 0 Å². The van der Waals surface area contributed by atoms with Crippen molar-refractivity contribution >= 4 is 23.1 Å². The third-order valence-electron chi connectivity index (χ3n) is 6.64. The molecule has 1 saturated heterocycles. The van der Waals surface area contributed by atoms with Crippen LogP contribution >= 0.6 is 11.3 Å². The number of Topliss-reactive ketones (excluding diaryl/α,β-unsaturated/α-hetero) is 1. The van der Waals surface area contributed by atoms with E-state index in [9.17, 15) is 14.0 Å². The molecular weight excluding hydrogens is 441 g/mol. The van der Waals surface area contributed by atoms with E-state index in [0.29, 0.717) is 36.3 Å². The second-order valence-corrected chi connectivity index (χ2v) is 9.80. The number of halogens is 1.